The highest BCUT2D eigenvalue weighted by atomic mass is 16.5. The van der Waals surface area contributed by atoms with Gasteiger partial charge >= 0.3 is 0 Å². The second-order valence-corrected chi connectivity index (χ2v) is 3.30. The van der Waals surface area contributed by atoms with E-state index >= 15 is 0 Å². The van der Waals surface area contributed by atoms with E-state index in [2.05, 4.69) is 0 Å². The number of benzene rings is 1. The quantitative estimate of drug-likeness (QED) is 0.637. The first-order valence-corrected chi connectivity index (χ1v) is 4.15. The van der Waals surface area contributed by atoms with Crippen LogP contribution in [0.2, 0.25) is 5.11 Å². The predicted molar refractivity (Wildman–Crippen MR) is 62.9 cm³/mol. The number of rotatable bonds is 3. The first kappa shape index (κ1) is 12.2. The first-order chi connectivity index (χ1) is 6.74. The molecule has 0 atom stereocenters. The molecule has 0 aromatic heterocycles. The summed E-state index contributed by atoms with van der Waals surface area (Å²) in [5, 5.41) is 5.45. The molecule has 0 unspecified atom stereocenters. The standard InChI is InChI=1S/C8H5B5O2/c9-7(10,11)8(12,13)15-6-4-2-1-3-5(6)14/h1-4,14H. The molecule has 0 bridgehead atoms. The Balaban J connectivity index is 2.92. The molecule has 0 aliphatic heterocycles. The highest BCUT2D eigenvalue weighted by Gasteiger charge is 2.32. The summed E-state index contributed by atoms with van der Waals surface area (Å²) in [5.74, 6) is -0.0877. The van der Waals surface area contributed by atoms with E-state index in [0.29, 0.717) is 0 Å². The zero-order valence-corrected chi connectivity index (χ0v) is 8.05. The van der Waals surface area contributed by atoms with Gasteiger partial charge in [0, 0.05) is 5.40 Å². The second kappa shape index (κ2) is 3.95. The smallest absolute Gasteiger partial charge is 0.159 e. The zero-order chi connectivity index (χ0) is 11.7. The Kier molecular flexibility index (Phi) is 3.22. The number of aromatic hydroxyl groups is 1. The van der Waals surface area contributed by atoms with E-state index in [1.54, 1.807) is 12.1 Å². The molecule has 1 aromatic rings. The Morgan fingerprint density at radius 3 is 2.00 bits per heavy atom. The summed E-state index contributed by atoms with van der Waals surface area (Å²) in [4.78, 5) is 0. The molecule has 0 saturated carbocycles. The summed E-state index contributed by atoms with van der Waals surface area (Å²) in [5.41, 5.74) is 0. The molecule has 1 N–H and O–H groups in total. The lowest BCUT2D eigenvalue weighted by molar-refractivity contribution is 0.231. The van der Waals surface area contributed by atoms with Crippen molar-refractivity contribution in [3.05, 3.63) is 24.3 Å². The van der Waals surface area contributed by atoms with E-state index < -0.39 is 10.5 Å². The Morgan fingerprint density at radius 1 is 1.00 bits per heavy atom. The van der Waals surface area contributed by atoms with E-state index in [4.69, 9.17) is 44.0 Å². The maximum atomic E-state index is 9.38. The number of phenols is 1. The van der Waals surface area contributed by atoms with Gasteiger partial charge in [-0.2, -0.15) is 0 Å². The second-order valence-electron chi connectivity index (χ2n) is 3.30. The van der Waals surface area contributed by atoms with Crippen molar-refractivity contribution in [1.82, 2.24) is 0 Å². The van der Waals surface area contributed by atoms with Crippen LogP contribution in [-0.4, -0.2) is 49.7 Å². The summed E-state index contributed by atoms with van der Waals surface area (Å²) in [6.07, 6.45) is 0. The minimum Gasteiger partial charge on any atom is -0.505 e. The van der Waals surface area contributed by atoms with Crippen LogP contribution in [0.15, 0.2) is 24.3 Å². The van der Waals surface area contributed by atoms with Crippen LogP contribution in [0.3, 0.4) is 0 Å². The molecule has 0 aliphatic rings. The fourth-order valence-corrected chi connectivity index (χ4v) is 0.814. The van der Waals surface area contributed by atoms with E-state index in [1.165, 1.54) is 12.1 Å². The Bertz CT molecular complexity index is 347. The third-order valence-corrected chi connectivity index (χ3v) is 1.82. The number of ether oxygens (including phenoxy) is 1. The number of phenolic OH excluding ortho intramolecular Hbond substituents is 1. The normalized spacial score (nSPS) is 12.3. The van der Waals surface area contributed by atoms with Crippen molar-refractivity contribution in [3.63, 3.8) is 0 Å². The highest BCUT2D eigenvalue weighted by Crippen LogP contribution is 2.32. The fourth-order valence-electron chi connectivity index (χ4n) is 0.814. The van der Waals surface area contributed by atoms with Crippen LogP contribution in [0.25, 0.3) is 0 Å². The van der Waals surface area contributed by atoms with Gasteiger partial charge in [0.1, 0.15) is 15.7 Å². The van der Waals surface area contributed by atoms with Gasteiger partial charge in [-0.3, -0.25) is 0 Å². The molecule has 0 spiro atoms. The van der Waals surface area contributed by atoms with Crippen LogP contribution in [0, 0.1) is 0 Å². The van der Waals surface area contributed by atoms with E-state index in [1.807, 2.05) is 0 Å². The van der Waals surface area contributed by atoms with Crippen molar-refractivity contribution in [3.8, 4) is 11.5 Å². The van der Waals surface area contributed by atoms with Crippen molar-refractivity contribution in [1.29, 1.82) is 0 Å². The van der Waals surface area contributed by atoms with Crippen LogP contribution in [0.5, 0.6) is 11.5 Å². The highest BCUT2D eigenvalue weighted by molar-refractivity contribution is 6.66. The maximum Gasteiger partial charge on any atom is 0.159 e. The summed E-state index contributed by atoms with van der Waals surface area (Å²) in [7, 11) is 26.9. The molecule has 1 aromatic carbocycles. The van der Waals surface area contributed by atoms with Gasteiger partial charge in [0.05, 0.1) is 23.5 Å². The van der Waals surface area contributed by atoms with Crippen LogP contribution in [-0.2, 0) is 0 Å². The maximum absolute atomic E-state index is 9.38. The van der Waals surface area contributed by atoms with Gasteiger partial charge in [-0.05, 0) is 12.1 Å². The number of para-hydroxylation sites is 2. The Labute approximate surface area is 95.8 Å². The molecule has 0 heterocycles. The third kappa shape index (κ3) is 2.80. The Morgan fingerprint density at radius 2 is 1.53 bits per heavy atom. The summed E-state index contributed by atoms with van der Waals surface area (Å²) in [6.45, 7) is 0. The molecule has 0 fully saturated rings. The molecule has 0 amide bonds. The van der Waals surface area contributed by atoms with Gasteiger partial charge in [-0.15, -0.1) is 5.11 Å². The Hall–Kier alpha value is -0.855. The lowest BCUT2D eigenvalue weighted by Crippen LogP contribution is -2.50. The fraction of sp³-hybridized carbons (Fsp3) is 0.250. The van der Waals surface area contributed by atoms with Gasteiger partial charge in [-0.1, -0.05) is 12.1 Å². The first-order valence-electron chi connectivity index (χ1n) is 4.15. The van der Waals surface area contributed by atoms with Crippen LogP contribution >= 0.6 is 0 Å². The van der Waals surface area contributed by atoms with E-state index in [0.717, 1.165) is 0 Å². The summed E-state index contributed by atoms with van der Waals surface area (Å²) >= 11 is 0. The van der Waals surface area contributed by atoms with Crippen LogP contribution < -0.4 is 4.74 Å². The number of hydrogen-bond donors (Lipinski definition) is 1. The summed E-state index contributed by atoms with van der Waals surface area (Å²) in [6, 6.07) is 6.08. The average molecular weight is 187 g/mol. The average Bonchev–Trinajstić information content (AvgIpc) is 2.06. The van der Waals surface area contributed by atoms with Gasteiger partial charge in [0.2, 0.25) is 0 Å². The minimum absolute atomic E-state index is 0.0493. The molecule has 0 aliphatic carbocycles. The van der Waals surface area contributed by atoms with Gasteiger partial charge < -0.3 is 9.84 Å². The monoisotopic (exact) mass is 188 g/mol. The SMILES string of the molecule is [B]C([B])([B])C([B])([B])Oc1ccccc1O. The van der Waals surface area contributed by atoms with Crippen molar-refractivity contribution in [2.24, 2.45) is 0 Å². The molecular formula is C8H5B5O2. The van der Waals surface area contributed by atoms with Gasteiger partial charge in [0.15, 0.2) is 11.5 Å². The topological polar surface area (TPSA) is 29.5 Å². The lowest BCUT2D eigenvalue weighted by Gasteiger charge is -2.42. The summed E-state index contributed by atoms with van der Waals surface area (Å²) < 4.78 is 5.03. The van der Waals surface area contributed by atoms with E-state index in [9.17, 15) is 5.11 Å². The molecule has 2 nitrogen and oxygen atoms in total. The van der Waals surface area contributed by atoms with Crippen molar-refractivity contribution >= 4 is 39.2 Å². The zero-order valence-electron chi connectivity index (χ0n) is 8.05. The van der Waals surface area contributed by atoms with Crippen molar-refractivity contribution in [2.45, 2.75) is 10.5 Å². The van der Waals surface area contributed by atoms with Crippen molar-refractivity contribution in [2.75, 3.05) is 0 Å². The van der Waals surface area contributed by atoms with E-state index in [-0.39, 0.29) is 11.5 Å². The van der Waals surface area contributed by atoms with Crippen LogP contribution in [0.1, 0.15) is 0 Å². The molecule has 1 rings (SSSR count). The predicted octanol–water partition coefficient (Wildman–Crippen LogP) is -0.659. The molecule has 10 radical (unpaired) electrons. The number of hydrogen-bond acceptors (Lipinski definition) is 2. The largest absolute Gasteiger partial charge is 0.505 e. The van der Waals surface area contributed by atoms with Gasteiger partial charge in [0.25, 0.3) is 0 Å². The van der Waals surface area contributed by atoms with Crippen LogP contribution in [0.4, 0.5) is 0 Å². The van der Waals surface area contributed by atoms with Crippen molar-refractivity contribution < 1.29 is 9.84 Å². The molecule has 7 heteroatoms. The molecular weight excluding hydrogens is 182 g/mol. The minimum atomic E-state index is -1.99. The lowest BCUT2D eigenvalue weighted by atomic mass is 9.28. The molecule has 0 saturated heterocycles. The third-order valence-electron chi connectivity index (χ3n) is 1.82. The molecule has 15 heavy (non-hydrogen) atoms. The molecule has 64 valence electrons. The van der Waals surface area contributed by atoms with Gasteiger partial charge in [-0.25, -0.2) is 0 Å².